The minimum atomic E-state index is -0.762. The minimum Gasteiger partial charge on any atom is -0.481 e. The van der Waals surface area contributed by atoms with Crippen molar-refractivity contribution in [3.05, 3.63) is 0 Å². The standard InChI is InChI=1S/C13H24N2O4/c1-3-4-11(19-2)9-14-13(18)15-7-5-10(6-8-15)12(16)17/h10-11H,3-9H2,1-2H3,(H,14,18)(H,16,17). The number of ether oxygens (including phenoxy) is 1. The molecule has 0 aromatic rings. The summed E-state index contributed by atoms with van der Waals surface area (Å²) in [5, 5.41) is 11.7. The molecule has 6 nitrogen and oxygen atoms in total. The van der Waals surface area contributed by atoms with Crippen LogP contribution in [0, 0.1) is 5.92 Å². The molecule has 0 aromatic carbocycles. The van der Waals surface area contributed by atoms with Crippen LogP contribution >= 0.6 is 0 Å². The molecule has 1 aliphatic rings. The molecule has 0 saturated carbocycles. The Morgan fingerprint density at radius 3 is 2.53 bits per heavy atom. The molecule has 1 unspecified atom stereocenters. The van der Waals surface area contributed by atoms with Crippen molar-refractivity contribution in [3.63, 3.8) is 0 Å². The van der Waals surface area contributed by atoms with Gasteiger partial charge in [-0.1, -0.05) is 13.3 Å². The summed E-state index contributed by atoms with van der Waals surface area (Å²) in [7, 11) is 1.64. The normalized spacial score (nSPS) is 18.1. The highest BCUT2D eigenvalue weighted by molar-refractivity contribution is 5.75. The highest BCUT2D eigenvalue weighted by Gasteiger charge is 2.26. The molecule has 0 aromatic heterocycles. The summed E-state index contributed by atoms with van der Waals surface area (Å²) in [6, 6.07) is -0.123. The maximum atomic E-state index is 11.9. The molecule has 6 heteroatoms. The van der Waals surface area contributed by atoms with Gasteiger partial charge in [-0.3, -0.25) is 4.79 Å². The van der Waals surface area contributed by atoms with Crippen LogP contribution in [0.3, 0.4) is 0 Å². The van der Waals surface area contributed by atoms with E-state index in [1.165, 1.54) is 0 Å². The molecule has 1 atom stereocenters. The second-order valence-corrected chi connectivity index (χ2v) is 4.93. The Kier molecular flexibility index (Phi) is 6.62. The molecule has 2 amide bonds. The smallest absolute Gasteiger partial charge is 0.317 e. The molecule has 1 aliphatic heterocycles. The Hall–Kier alpha value is -1.30. The molecular weight excluding hydrogens is 248 g/mol. The van der Waals surface area contributed by atoms with E-state index < -0.39 is 5.97 Å². The maximum absolute atomic E-state index is 11.9. The van der Waals surface area contributed by atoms with Gasteiger partial charge < -0.3 is 20.1 Å². The monoisotopic (exact) mass is 272 g/mol. The Morgan fingerprint density at radius 2 is 2.05 bits per heavy atom. The molecule has 19 heavy (non-hydrogen) atoms. The van der Waals surface area contributed by atoms with Crippen LogP contribution in [0.25, 0.3) is 0 Å². The molecule has 0 bridgehead atoms. The van der Waals surface area contributed by atoms with Gasteiger partial charge >= 0.3 is 12.0 Å². The summed E-state index contributed by atoms with van der Waals surface area (Å²) < 4.78 is 5.27. The van der Waals surface area contributed by atoms with Crippen LogP contribution in [0.15, 0.2) is 0 Å². The summed E-state index contributed by atoms with van der Waals surface area (Å²) >= 11 is 0. The molecule has 1 fully saturated rings. The quantitative estimate of drug-likeness (QED) is 0.764. The SMILES string of the molecule is CCCC(CNC(=O)N1CCC(C(=O)O)CC1)OC. The van der Waals surface area contributed by atoms with E-state index >= 15 is 0 Å². The first-order chi connectivity index (χ1) is 9.08. The number of carbonyl (C=O) groups excluding carboxylic acids is 1. The van der Waals surface area contributed by atoms with Crippen LogP contribution in [-0.2, 0) is 9.53 Å². The number of nitrogens with zero attached hydrogens (tertiary/aromatic N) is 1. The van der Waals surface area contributed by atoms with Crippen LogP contribution < -0.4 is 5.32 Å². The Balaban J connectivity index is 2.29. The Labute approximate surface area is 114 Å². The van der Waals surface area contributed by atoms with Crippen LogP contribution in [0.5, 0.6) is 0 Å². The molecule has 0 spiro atoms. The van der Waals surface area contributed by atoms with Crippen molar-refractivity contribution in [1.29, 1.82) is 0 Å². The molecule has 1 heterocycles. The van der Waals surface area contributed by atoms with Gasteiger partial charge in [-0.05, 0) is 19.3 Å². The zero-order valence-corrected chi connectivity index (χ0v) is 11.7. The maximum Gasteiger partial charge on any atom is 0.317 e. The number of carbonyl (C=O) groups is 2. The summed E-state index contributed by atoms with van der Waals surface area (Å²) in [5.41, 5.74) is 0. The summed E-state index contributed by atoms with van der Waals surface area (Å²) in [4.78, 5) is 24.4. The third-order valence-corrected chi connectivity index (χ3v) is 3.56. The minimum absolute atomic E-state index is 0.0468. The van der Waals surface area contributed by atoms with Gasteiger partial charge in [0.2, 0.25) is 0 Å². The number of piperidine rings is 1. The van der Waals surface area contributed by atoms with E-state index in [0.717, 1.165) is 12.8 Å². The number of likely N-dealkylation sites (tertiary alicyclic amines) is 1. The van der Waals surface area contributed by atoms with Gasteiger partial charge in [0.25, 0.3) is 0 Å². The van der Waals surface area contributed by atoms with Crippen molar-refractivity contribution in [3.8, 4) is 0 Å². The van der Waals surface area contributed by atoms with E-state index in [-0.39, 0.29) is 18.1 Å². The van der Waals surface area contributed by atoms with Gasteiger partial charge in [0.15, 0.2) is 0 Å². The molecule has 2 N–H and O–H groups in total. The van der Waals surface area contributed by atoms with Crippen molar-refractivity contribution in [1.82, 2.24) is 10.2 Å². The molecular formula is C13H24N2O4. The fourth-order valence-electron chi connectivity index (χ4n) is 2.27. The number of carboxylic acid groups (broad SMARTS) is 1. The number of hydrogen-bond acceptors (Lipinski definition) is 3. The highest BCUT2D eigenvalue weighted by atomic mass is 16.5. The largest absolute Gasteiger partial charge is 0.481 e. The van der Waals surface area contributed by atoms with Gasteiger partial charge in [0.1, 0.15) is 0 Å². The highest BCUT2D eigenvalue weighted by Crippen LogP contribution is 2.17. The van der Waals surface area contributed by atoms with Crippen LogP contribution in [0.4, 0.5) is 4.79 Å². The van der Waals surface area contributed by atoms with E-state index in [4.69, 9.17) is 9.84 Å². The van der Waals surface area contributed by atoms with Gasteiger partial charge in [0, 0.05) is 26.7 Å². The topological polar surface area (TPSA) is 78.9 Å². The lowest BCUT2D eigenvalue weighted by Gasteiger charge is -2.30. The molecule has 0 radical (unpaired) electrons. The first kappa shape index (κ1) is 15.8. The molecule has 110 valence electrons. The van der Waals surface area contributed by atoms with Crippen LogP contribution in [-0.4, -0.2) is 54.9 Å². The first-order valence-corrected chi connectivity index (χ1v) is 6.86. The number of methoxy groups -OCH3 is 1. The van der Waals surface area contributed by atoms with Crippen molar-refractivity contribution in [2.24, 2.45) is 5.92 Å². The number of amides is 2. The summed E-state index contributed by atoms with van der Waals surface area (Å²) in [5.74, 6) is -1.07. The van der Waals surface area contributed by atoms with Crippen molar-refractivity contribution >= 4 is 12.0 Å². The van der Waals surface area contributed by atoms with E-state index in [9.17, 15) is 9.59 Å². The van der Waals surface area contributed by atoms with Crippen LogP contribution in [0.1, 0.15) is 32.6 Å². The number of rotatable bonds is 6. The fourth-order valence-corrected chi connectivity index (χ4v) is 2.27. The number of carboxylic acids is 1. The van der Waals surface area contributed by atoms with E-state index in [1.807, 2.05) is 0 Å². The van der Waals surface area contributed by atoms with E-state index in [0.29, 0.717) is 32.5 Å². The molecule has 1 rings (SSSR count). The predicted molar refractivity (Wildman–Crippen MR) is 71.0 cm³/mol. The number of urea groups is 1. The van der Waals surface area contributed by atoms with Gasteiger partial charge in [0.05, 0.1) is 12.0 Å². The Morgan fingerprint density at radius 1 is 1.42 bits per heavy atom. The zero-order valence-electron chi connectivity index (χ0n) is 11.7. The number of aliphatic carboxylic acids is 1. The average molecular weight is 272 g/mol. The molecule has 1 saturated heterocycles. The van der Waals surface area contributed by atoms with Crippen molar-refractivity contribution < 1.29 is 19.4 Å². The lowest BCUT2D eigenvalue weighted by atomic mass is 9.97. The fraction of sp³-hybridized carbons (Fsp3) is 0.846. The van der Waals surface area contributed by atoms with Crippen LogP contribution in [0.2, 0.25) is 0 Å². The molecule has 0 aliphatic carbocycles. The number of hydrogen-bond donors (Lipinski definition) is 2. The van der Waals surface area contributed by atoms with Crippen molar-refractivity contribution in [2.75, 3.05) is 26.7 Å². The third kappa shape index (κ3) is 5.06. The van der Waals surface area contributed by atoms with E-state index in [1.54, 1.807) is 12.0 Å². The van der Waals surface area contributed by atoms with Gasteiger partial charge in [-0.2, -0.15) is 0 Å². The number of nitrogens with one attached hydrogen (secondary N) is 1. The summed E-state index contributed by atoms with van der Waals surface area (Å²) in [6.07, 6.45) is 3.04. The summed E-state index contributed by atoms with van der Waals surface area (Å²) in [6.45, 7) is 3.59. The Bertz CT molecular complexity index is 301. The lowest BCUT2D eigenvalue weighted by molar-refractivity contribution is -0.143. The van der Waals surface area contributed by atoms with E-state index in [2.05, 4.69) is 12.2 Å². The second-order valence-electron chi connectivity index (χ2n) is 4.93. The predicted octanol–water partition coefficient (Wildman–Crippen LogP) is 1.31. The average Bonchev–Trinajstić information content (AvgIpc) is 2.43. The third-order valence-electron chi connectivity index (χ3n) is 3.56. The second kappa shape index (κ2) is 7.99. The van der Waals surface area contributed by atoms with Gasteiger partial charge in [-0.25, -0.2) is 4.79 Å². The van der Waals surface area contributed by atoms with Crippen molar-refractivity contribution in [2.45, 2.75) is 38.7 Å². The zero-order chi connectivity index (χ0) is 14.3. The van der Waals surface area contributed by atoms with Gasteiger partial charge in [-0.15, -0.1) is 0 Å². The first-order valence-electron chi connectivity index (χ1n) is 6.86. The lowest BCUT2D eigenvalue weighted by Crippen LogP contribution is -2.47.